The molecule has 0 bridgehead atoms. The summed E-state index contributed by atoms with van der Waals surface area (Å²) in [6.07, 6.45) is 0.932. The van der Waals surface area contributed by atoms with Crippen molar-refractivity contribution in [2.75, 3.05) is 13.1 Å². The van der Waals surface area contributed by atoms with E-state index in [0.29, 0.717) is 0 Å². The largest absolute Gasteiger partial charge is 0.387 e. The highest BCUT2D eigenvalue weighted by Crippen LogP contribution is 2.36. The molecule has 1 aromatic heterocycles. The fraction of sp³-hybridized carbons (Fsp3) is 0.500. The SMILES string of the molecule is Cc1nn(C)c(C)c1[C@@H]1CCCN1C[C@@H](O)c1cc(F)ccc1F. The molecule has 6 heteroatoms. The summed E-state index contributed by atoms with van der Waals surface area (Å²) in [4.78, 5) is 2.14. The lowest BCUT2D eigenvalue weighted by atomic mass is 10.0. The van der Waals surface area contributed by atoms with Crippen LogP contribution in [0.15, 0.2) is 18.2 Å². The first kappa shape index (κ1) is 17.0. The van der Waals surface area contributed by atoms with E-state index in [1.807, 2.05) is 25.6 Å². The molecule has 1 fully saturated rings. The Morgan fingerprint density at radius 1 is 1.33 bits per heavy atom. The van der Waals surface area contributed by atoms with Crippen LogP contribution in [0.2, 0.25) is 0 Å². The lowest BCUT2D eigenvalue weighted by Crippen LogP contribution is -2.29. The molecule has 0 spiro atoms. The minimum Gasteiger partial charge on any atom is -0.387 e. The fourth-order valence-electron chi connectivity index (χ4n) is 3.73. The number of hydrogen-bond acceptors (Lipinski definition) is 3. The van der Waals surface area contributed by atoms with Crippen LogP contribution in [-0.2, 0) is 7.05 Å². The Morgan fingerprint density at radius 3 is 2.75 bits per heavy atom. The Hall–Kier alpha value is -1.79. The van der Waals surface area contributed by atoms with Gasteiger partial charge in [0.05, 0.1) is 11.8 Å². The van der Waals surface area contributed by atoms with Crippen LogP contribution in [-0.4, -0.2) is 32.9 Å². The summed E-state index contributed by atoms with van der Waals surface area (Å²) in [6, 6.07) is 3.35. The van der Waals surface area contributed by atoms with Gasteiger partial charge in [-0.25, -0.2) is 8.78 Å². The van der Waals surface area contributed by atoms with E-state index in [0.717, 1.165) is 49.0 Å². The van der Waals surface area contributed by atoms with Crippen molar-refractivity contribution in [2.45, 2.75) is 38.8 Å². The molecule has 1 N–H and O–H groups in total. The van der Waals surface area contributed by atoms with Gasteiger partial charge in [0.25, 0.3) is 0 Å². The van der Waals surface area contributed by atoms with Crippen LogP contribution in [0.4, 0.5) is 8.78 Å². The average molecular weight is 335 g/mol. The van der Waals surface area contributed by atoms with Crippen LogP contribution in [0.25, 0.3) is 0 Å². The molecule has 3 rings (SSSR count). The van der Waals surface area contributed by atoms with Gasteiger partial charge in [-0.05, 0) is 51.4 Å². The number of hydrogen-bond donors (Lipinski definition) is 1. The maximum atomic E-state index is 13.9. The van der Waals surface area contributed by atoms with E-state index >= 15 is 0 Å². The van der Waals surface area contributed by atoms with Crippen LogP contribution in [0.5, 0.6) is 0 Å². The Labute approximate surface area is 140 Å². The number of likely N-dealkylation sites (tertiary alicyclic amines) is 1. The van der Waals surface area contributed by atoms with Crippen molar-refractivity contribution in [1.29, 1.82) is 0 Å². The first-order valence-electron chi connectivity index (χ1n) is 8.25. The van der Waals surface area contributed by atoms with Gasteiger partial charge in [-0.1, -0.05) is 0 Å². The number of aliphatic hydroxyl groups excluding tert-OH is 1. The third-order valence-corrected chi connectivity index (χ3v) is 4.99. The Balaban J connectivity index is 1.82. The van der Waals surface area contributed by atoms with Crippen molar-refractivity contribution in [1.82, 2.24) is 14.7 Å². The second-order valence-corrected chi connectivity index (χ2v) is 6.54. The smallest absolute Gasteiger partial charge is 0.129 e. The molecule has 2 atom stereocenters. The summed E-state index contributed by atoms with van der Waals surface area (Å²) < 4.78 is 29.1. The molecule has 24 heavy (non-hydrogen) atoms. The normalized spacial score (nSPS) is 19.8. The first-order chi connectivity index (χ1) is 11.4. The second-order valence-electron chi connectivity index (χ2n) is 6.54. The van der Waals surface area contributed by atoms with Crippen LogP contribution in [0, 0.1) is 25.5 Å². The molecule has 1 aromatic carbocycles. The zero-order chi connectivity index (χ0) is 17.4. The number of aromatic nitrogens is 2. The number of benzene rings is 1. The van der Waals surface area contributed by atoms with E-state index in [1.165, 1.54) is 5.56 Å². The Kier molecular flexibility index (Phi) is 4.69. The van der Waals surface area contributed by atoms with Gasteiger partial charge in [-0.3, -0.25) is 9.58 Å². The standard InChI is InChI=1S/C18H23F2N3O/c1-11-18(12(2)22(3)21-11)16-5-4-8-23(16)10-17(24)14-9-13(19)6-7-15(14)20/h6-7,9,16-17,24H,4-5,8,10H2,1-3H3/t16-,17+/m0/s1. The van der Waals surface area contributed by atoms with Crippen molar-refractivity contribution in [3.8, 4) is 0 Å². The van der Waals surface area contributed by atoms with Gasteiger partial charge in [0, 0.05) is 36.5 Å². The lowest BCUT2D eigenvalue weighted by Gasteiger charge is -2.27. The topological polar surface area (TPSA) is 41.3 Å². The Morgan fingerprint density at radius 2 is 2.08 bits per heavy atom. The molecule has 1 aliphatic rings. The average Bonchev–Trinajstić information content (AvgIpc) is 3.06. The predicted octanol–water partition coefficient (Wildman–Crippen LogP) is 3.19. The van der Waals surface area contributed by atoms with E-state index in [9.17, 15) is 13.9 Å². The van der Waals surface area contributed by atoms with Gasteiger partial charge >= 0.3 is 0 Å². The Bertz CT molecular complexity index is 744. The quantitative estimate of drug-likeness (QED) is 0.933. The minimum absolute atomic E-state index is 0.0141. The van der Waals surface area contributed by atoms with E-state index in [-0.39, 0.29) is 18.2 Å². The predicted molar refractivity (Wildman–Crippen MR) is 87.5 cm³/mol. The van der Waals surface area contributed by atoms with Crippen LogP contribution in [0.1, 0.15) is 47.5 Å². The summed E-state index contributed by atoms with van der Waals surface area (Å²) in [5.41, 5.74) is 3.29. The highest BCUT2D eigenvalue weighted by atomic mass is 19.1. The zero-order valence-corrected chi connectivity index (χ0v) is 14.3. The number of β-amino-alcohol motifs (C(OH)–C–C–N with tert-alkyl or cyclic N) is 1. The summed E-state index contributed by atoms with van der Waals surface area (Å²) in [7, 11) is 1.92. The molecule has 130 valence electrons. The monoisotopic (exact) mass is 335 g/mol. The molecule has 1 aliphatic heterocycles. The molecule has 4 nitrogen and oxygen atoms in total. The summed E-state index contributed by atoms with van der Waals surface area (Å²) in [5, 5.41) is 14.9. The number of aliphatic hydroxyl groups is 1. The minimum atomic E-state index is -1.06. The number of aryl methyl sites for hydroxylation is 2. The fourth-order valence-corrected chi connectivity index (χ4v) is 3.73. The third kappa shape index (κ3) is 3.08. The van der Waals surface area contributed by atoms with E-state index in [2.05, 4.69) is 10.00 Å². The van der Waals surface area contributed by atoms with E-state index in [1.54, 1.807) is 0 Å². The molecular formula is C18H23F2N3O. The molecule has 0 amide bonds. The third-order valence-electron chi connectivity index (χ3n) is 4.99. The van der Waals surface area contributed by atoms with E-state index < -0.39 is 17.7 Å². The molecule has 0 unspecified atom stereocenters. The maximum absolute atomic E-state index is 13.9. The molecule has 1 saturated heterocycles. The van der Waals surface area contributed by atoms with Crippen molar-refractivity contribution < 1.29 is 13.9 Å². The first-order valence-corrected chi connectivity index (χ1v) is 8.25. The summed E-state index contributed by atoms with van der Waals surface area (Å²) in [6.45, 7) is 5.13. The second kappa shape index (κ2) is 6.61. The number of halogens is 2. The maximum Gasteiger partial charge on any atom is 0.129 e. The van der Waals surface area contributed by atoms with Crippen LogP contribution >= 0.6 is 0 Å². The van der Waals surface area contributed by atoms with Crippen molar-refractivity contribution >= 4 is 0 Å². The van der Waals surface area contributed by atoms with Crippen LogP contribution < -0.4 is 0 Å². The molecule has 2 aromatic rings. The highest BCUT2D eigenvalue weighted by Gasteiger charge is 2.32. The van der Waals surface area contributed by atoms with Gasteiger partial charge in [-0.15, -0.1) is 0 Å². The molecular weight excluding hydrogens is 312 g/mol. The number of nitrogens with zero attached hydrogens (tertiary/aromatic N) is 3. The van der Waals surface area contributed by atoms with E-state index in [4.69, 9.17) is 0 Å². The van der Waals surface area contributed by atoms with Gasteiger partial charge in [0.15, 0.2) is 0 Å². The van der Waals surface area contributed by atoms with Gasteiger partial charge in [0.1, 0.15) is 11.6 Å². The van der Waals surface area contributed by atoms with Gasteiger partial charge < -0.3 is 5.11 Å². The summed E-state index contributed by atoms with van der Waals surface area (Å²) in [5.74, 6) is -1.12. The van der Waals surface area contributed by atoms with Crippen molar-refractivity contribution in [3.63, 3.8) is 0 Å². The van der Waals surface area contributed by atoms with Gasteiger partial charge in [-0.2, -0.15) is 5.10 Å². The molecule has 0 saturated carbocycles. The zero-order valence-electron chi connectivity index (χ0n) is 14.3. The summed E-state index contributed by atoms with van der Waals surface area (Å²) >= 11 is 0. The highest BCUT2D eigenvalue weighted by molar-refractivity contribution is 5.29. The number of rotatable bonds is 4. The molecule has 0 aliphatic carbocycles. The van der Waals surface area contributed by atoms with Crippen LogP contribution in [0.3, 0.4) is 0 Å². The molecule has 0 radical (unpaired) electrons. The van der Waals surface area contributed by atoms with Crippen molar-refractivity contribution in [3.05, 3.63) is 52.3 Å². The molecule has 2 heterocycles. The van der Waals surface area contributed by atoms with Gasteiger partial charge in [0.2, 0.25) is 0 Å². The van der Waals surface area contributed by atoms with Crippen molar-refractivity contribution in [2.24, 2.45) is 7.05 Å². The lowest BCUT2D eigenvalue weighted by molar-refractivity contribution is 0.103.